The number of aromatic hydroxyl groups is 1. The van der Waals surface area contributed by atoms with E-state index in [1.165, 1.54) is 25.8 Å². The first-order valence-corrected chi connectivity index (χ1v) is 7.86. The summed E-state index contributed by atoms with van der Waals surface area (Å²) in [6.07, 6.45) is 6.90. The van der Waals surface area contributed by atoms with Crippen LogP contribution < -0.4 is 10.2 Å². The van der Waals surface area contributed by atoms with Crippen molar-refractivity contribution in [2.75, 3.05) is 7.11 Å². The molecule has 0 spiro atoms. The lowest BCUT2D eigenvalue weighted by Crippen LogP contribution is -2.16. The summed E-state index contributed by atoms with van der Waals surface area (Å²) in [5.41, 5.74) is 2.23. The smallest absolute Gasteiger partial charge is 0.315 e. The number of methoxy groups -OCH3 is 1. The molecule has 1 rings (SSSR count). The van der Waals surface area contributed by atoms with E-state index in [4.69, 9.17) is 4.74 Å². The fourth-order valence-corrected chi connectivity index (χ4v) is 2.11. The Morgan fingerprint density at radius 1 is 1.38 bits per heavy atom. The molecule has 1 aromatic carbocycles. The van der Waals surface area contributed by atoms with Gasteiger partial charge in [0.1, 0.15) is 0 Å². The lowest BCUT2D eigenvalue weighted by molar-refractivity contribution is -0.386. The van der Waals surface area contributed by atoms with Gasteiger partial charge in [-0.1, -0.05) is 32.6 Å². The molecule has 0 aromatic heterocycles. The maximum absolute atomic E-state index is 11.6. The second kappa shape index (κ2) is 10.2. The third kappa shape index (κ3) is 6.23. The number of phenolic OH excluding ortho intramolecular Hbond substituents is 1. The molecule has 0 bridgehead atoms. The van der Waals surface area contributed by atoms with Crippen LogP contribution >= 0.6 is 0 Å². The molecule has 1 amide bonds. The number of phenols is 1. The Hall–Kier alpha value is -2.64. The number of nitrogens with one attached hydrogen (secondary N) is 1. The van der Waals surface area contributed by atoms with Gasteiger partial charge in [-0.05, 0) is 12.5 Å². The number of amides is 1. The number of nitro benzene ring substituents is 1. The zero-order valence-corrected chi connectivity index (χ0v) is 13.9. The van der Waals surface area contributed by atoms with E-state index in [-0.39, 0.29) is 11.7 Å². The van der Waals surface area contributed by atoms with Crippen LogP contribution in [0.2, 0.25) is 0 Å². The number of carbonyl (C=O) groups excluding carboxylic acids is 1. The first-order chi connectivity index (χ1) is 11.5. The number of ether oxygens (including phenoxy) is 1. The summed E-state index contributed by atoms with van der Waals surface area (Å²) >= 11 is 0. The Labute approximate surface area is 140 Å². The minimum atomic E-state index is -0.718. The molecule has 0 heterocycles. The highest BCUT2D eigenvalue weighted by Gasteiger charge is 2.19. The number of hydrazone groups is 1. The Bertz CT molecular complexity index is 602. The topological polar surface area (TPSA) is 114 Å². The summed E-state index contributed by atoms with van der Waals surface area (Å²) < 4.78 is 4.89. The lowest BCUT2D eigenvalue weighted by Gasteiger charge is -2.05. The molecule has 0 saturated carbocycles. The van der Waals surface area contributed by atoms with Gasteiger partial charge in [0, 0.05) is 18.1 Å². The number of nitro groups is 1. The lowest BCUT2D eigenvalue weighted by atomic mass is 10.1. The number of rotatable bonds is 10. The standard InChI is InChI=1S/C16H23N3O5/c1-3-4-5-6-7-8-15(20)18-17-11-12-9-13(19(22)23)16(21)14(10-12)24-2/h9-11,21H,3-8H2,1-2H3,(H,18,20)/b17-11-. The molecule has 2 N–H and O–H groups in total. The van der Waals surface area contributed by atoms with E-state index in [9.17, 15) is 20.0 Å². The second-order valence-electron chi connectivity index (χ2n) is 5.31. The van der Waals surface area contributed by atoms with Gasteiger partial charge in [-0.2, -0.15) is 5.10 Å². The number of nitrogens with zero attached hydrogens (tertiary/aromatic N) is 2. The Balaban J connectivity index is 2.59. The molecule has 1 aromatic rings. The van der Waals surface area contributed by atoms with Crippen LogP contribution in [0.5, 0.6) is 11.5 Å². The van der Waals surface area contributed by atoms with Gasteiger partial charge in [0.2, 0.25) is 11.7 Å². The number of carbonyl (C=O) groups is 1. The van der Waals surface area contributed by atoms with E-state index >= 15 is 0 Å². The molecule has 0 aliphatic rings. The average Bonchev–Trinajstić information content (AvgIpc) is 2.55. The molecule has 0 saturated heterocycles. The van der Waals surface area contributed by atoms with Crippen molar-refractivity contribution in [2.45, 2.75) is 45.4 Å². The molecular weight excluding hydrogens is 314 g/mol. The van der Waals surface area contributed by atoms with Crippen molar-refractivity contribution in [1.82, 2.24) is 5.43 Å². The van der Waals surface area contributed by atoms with Gasteiger partial charge in [0.25, 0.3) is 0 Å². The molecule has 8 nitrogen and oxygen atoms in total. The Morgan fingerprint density at radius 2 is 2.08 bits per heavy atom. The number of benzene rings is 1. The van der Waals surface area contributed by atoms with Gasteiger partial charge in [0.15, 0.2) is 5.75 Å². The molecule has 0 aliphatic carbocycles. The Morgan fingerprint density at radius 3 is 2.71 bits per heavy atom. The fraction of sp³-hybridized carbons (Fsp3) is 0.500. The molecule has 24 heavy (non-hydrogen) atoms. The van der Waals surface area contributed by atoms with Crippen LogP contribution in [-0.4, -0.2) is 29.3 Å². The quantitative estimate of drug-likeness (QED) is 0.295. The largest absolute Gasteiger partial charge is 0.500 e. The number of unbranched alkanes of at least 4 members (excludes halogenated alkanes) is 4. The van der Waals surface area contributed by atoms with E-state index in [0.29, 0.717) is 12.0 Å². The van der Waals surface area contributed by atoms with Crippen LogP contribution in [0.3, 0.4) is 0 Å². The monoisotopic (exact) mass is 337 g/mol. The maximum Gasteiger partial charge on any atom is 0.315 e. The normalized spacial score (nSPS) is 10.8. The Kier molecular flexibility index (Phi) is 8.24. The highest BCUT2D eigenvalue weighted by atomic mass is 16.6. The molecular formula is C16H23N3O5. The average molecular weight is 337 g/mol. The van der Waals surface area contributed by atoms with Crippen molar-refractivity contribution >= 4 is 17.8 Å². The fourth-order valence-electron chi connectivity index (χ4n) is 2.11. The van der Waals surface area contributed by atoms with Gasteiger partial charge < -0.3 is 9.84 Å². The summed E-state index contributed by atoms with van der Waals surface area (Å²) in [6.45, 7) is 2.13. The number of hydrogen-bond acceptors (Lipinski definition) is 6. The highest BCUT2D eigenvalue weighted by molar-refractivity contribution is 5.84. The summed E-state index contributed by atoms with van der Waals surface area (Å²) in [6, 6.07) is 2.54. The second-order valence-corrected chi connectivity index (χ2v) is 5.31. The van der Waals surface area contributed by atoms with Crippen molar-refractivity contribution in [3.05, 3.63) is 27.8 Å². The molecule has 0 unspecified atom stereocenters. The van der Waals surface area contributed by atoms with Gasteiger partial charge >= 0.3 is 5.69 Å². The van der Waals surface area contributed by atoms with Gasteiger partial charge in [-0.15, -0.1) is 0 Å². The summed E-state index contributed by atoms with van der Waals surface area (Å²) in [4.78, 5) is 21.8. The number of hydrogen-bond donors (Lipinski definition) is 2. The van der Waals surface area contributed by atoms with Crippen LogP contribution in [-0.2, 0) is 4.79 Å². The van der Waals surface area contributed by atoms with Crippen molar-refractivity contribution in [3.8, 4) is 11.5 Å². The molecule has 0 atom stereocenters. The van der Waals surface area contributed by atoms with E-state index in [0.717, 1.165) is 31.7 Å². The van der Waals surface area contributed by atoms with E-state index in [1.807, 2.05) is 0 Å². The van der Waals surface area contributed by atoms with Crippen molar-refractivity contribution in [1.29, 1.82) is 0 Å². The summed E-state index contributed by atoms with van der Waals surface area (Å²) in [7, 11) is 1.29. The predicted octanol–water partition coefficient (Wildman–Crippen LogP) is 3.12. The highest BCUT2D eigenvalue weighted by Crippen LogP contribution is 2.36. The minimum Gasteiger partial charge on any atom is -0.500 e. The van der Waals surface area contributed by atoms with Crippen LogP contribution in [0.15, 0.2) is 17.2 Å². The van der Waals surface area contributed by atoms with Crippen LogP contribution in [0, 0.1) is 10.1 Å². The van der Waals surface area contributed by atoms with Crippen molar-refractivity contribution in [3.63, 3.8) is 0 Å². The molecule has 0 fully saturated rings. The SMILES string of the molecule is CCCCCCCC(=O)N/N=C\c1cc(OC)c(O)c([N+](=O)[O-])c1. The minimum absolute atomic E-state index is 0.0344. The van der Waals surface area contributed by atoms with Crippen molar-refractivity contribution < 1.29 is 19.6 Å². The molecule has 132 valence electrons. The van der Waals surface area contributed by atoms with Crippen LogP contribution in [0.1, 0.15) is 51.0 Å². The van der Waals surface area contributed by atoms with E-state index < -0.39 is 16.4 Å². The predicted molar refractivity (Wildman–Crippen MR) is 90.4 cm³/mol. The zero-order valence-electron chi connectivity index (χ0n) is 13.9. The third-order valence-electron chi connectivity index (χ3n) is 3.40. The van der Waals surface area contributed by atoms with Gasteiger partial charge in [-0.25, -0.2) is 5.43 Å². The van der Waals surface area contributed by atoms with Gasteiger partial charge in [-0.3, -0.25) is 14.9 Å². The molecule has 8 heteroatoms. The van der Waals surface area contributed by atoms with E-state index in [2.05, 4.69) is 17.5 Å². The van der Waals surface area contributed by atoms with Crippen LogP contribution in [0.25, 0.3) is 0 Å². The zero-order chi connectivity index (χ0) is 17.9. The van der Waals surface area contributed by atoms with Crippen molar-refractivity contribution in [2.24, 2.45) is 5.10 Å². The first-order valence-electron chi connectivity index (χ1n) is 7.86. The van der Waals surface area contributed by atoms with E-state index in [1.54, 1.807) is 0 Å². The third-order valence-corrected chi connectivity index (χ3v) is 3.40. The summed E-state index contributed by atoms with van der Waals surface area (Å²) in [5, 5.41) is 24.3. The molecule has 0 radical (unpaired) electrons. The van der Waals surface area contributed by atoms with Gasteiger partial charge in [0.05, 0.1) is 18.2 Å². The summed E-state index contributed by atoms with van der Waals surface area (Å²) in [5.74, 6) is -0.786. The molecule has 0 aliphatic heterocycles. The maximum atomic E-state index is 11.6. The first kappa shape index (κ1) is 19.4. The van der Waals surface area contributed by atoms with Crippen LogP contribution in [0.4, 0.5) is 5.69 Å².